The van der Waals surface area contributed by atoms with Crippen LogP contribution in [0.2, 0.25) is 0 Å². The van der Waals surface area contributed by atoms with Gasteiger partial charge in [0, 0.05) is 37.0 Å². The Labute approximate surface area is 250 Å². The number of pyridine rings is 1. The largest absolute Gasteiger partial charge is 0.439 e. The van der Waals surface area contributed by atoms with Crippen LogP contribution in [0, 0.1) is 40.9 Å². The second-order valence-electron chi connectivity index (χ2n) is 13.9. The van der Waals surface area contributed by atoms with Gasteiger partial charge in [-0.15, -0.1) is 0 Å². The van der Waals surface area contributed by atoms with Crippen molar-refractivity contribution in [1.82, 2.24) is 9.97 Å². The van der Waals surface area contributed by atoms with E-state index < -0.39 is 0 Å². The van der Waals surface area contributed by atoms with Gasteiger partial charge in [-0.1, -0.05) is 58.1 Å². The molecule has 2 aromatic rings. The number of hydrogen-bond donors (Lipinski definition) is 0. The molecule has 6 rings (SSSR count). The first-order chi connectivity index (χ1) is 20.4. The van der Waals surface area contributed by atoms with Gasteiger partial charge in [0.25, 0.3) is 0 Å². The highest BCUT2D eigenvalue weighted by Crippen LogP contribution is 2.58. The molecule has 2 heterocycles. The number of rotatable bonds is 11. The maximum Gasteiger partial charge on any atom is 0.198 e. The van der Waals surface area contributed by atoms with E-state index in [-0.39, 0.29) is 29.0 Å². The monoisotopic (exact) mass is 572 g/mol. The molecule has 0 bridgehead atoms. The molecule has 6 heteroatoms. The highest BCUT2D eigenvalue weighted by molar-refractivity contribution is 6.01. The maximum atomic E-state index is 13.9. The minimum Gasteiger partial charge on any atom is -0.439 e. The summed E-state index contributed by atoms with van der Waals surface area (Å²) in [5.41, 5.74) is 2.49. The zero-order valence-corrected chi connectivity index (χ0v) is 25.7. The van der Waals surface area contributed by atoms with E-state index in [4.69, 9.17) is 9.15 Å². The Bertz CT molecular complexity index is 1300. The van der Waals surface area contributed by atoms with Crippen molar-refractivity contribution in [3.8, 4) is 0 Å². The number of carbonyl (C=O) groups excluding carboxylic acids is 2. The fraction of sp³-hybridized carbons (Fsp3) is 0.667. The molecule has 0 spiro atoms. The first-order valence-electron chi connectivity index (χ1n) is 16.6. The second-order valence-corrected chi connectivity index (χ2v) is 13.9. The van der Waals surface area contributed by atoms with Crippen molar-refractivity contribution in [2.75, 3.05) is 6.61 Å². The van der Waals surface area contributed by atoms with Crippen molar-refractivity contribution in [2.24, 2.45) is 40.9 Å². The van der Waals surface area contributed by atoms with E-state index >= 15 is 0 Å². The molecule has 4 aliphatic rings. The Hall–Kier alpha value is -2.60. The number of fused-ring (bicyclic) bond motifs is 2. The highest BCUT2D eigenvalue weighted by atomic mass is 16.5. The summed E-state index contributed by atoms with van der Waals surface area (Å²) in [5.74, 6) is 3.54. The average Bonchev–Trinajstić information content (AvgIpc) is 3.74. The van der Waals surface area contributed by atoms with E-state index in [1.807, 2.05) is 18.2 Å². The smallest absolute Gasteiger partial charge is 0.198 e. The molecule has 42 heavy (non-hydrogen) atoms. The average molecular weight is 573 g/mol. The van der Waals surface area contributed by atoms with Crippen molar-refractivity contribution in [3.05, 3.63) is 48.0 Å². The van der Waals surface area contributed by atoms with Crippen molar-refractivity contribution < 1.29 is 18.7 Å². The summed E-state index contributed by atoms with van der Waals surface area (Å²) < 4.78 is 12.6. The van der Waals surface area contributed by atoms with E-state index in [0.29, 0.717) is 59.6 Å². The Kier molecular flexibility index (Phi) is 8.81. The van der Waals surface area contributed by atoms with Gasteiger partial charge in [0.2, 0.25) is 0 Å². The predicted molar refractivity (Wildman–Crippen MR) is 164 cm³/mol. The lowest BCUT2D eigenvalue weighted by atomic mass is 9.52. The fourth-order valence-corrected chi connectivity index (χ4v) is 9.21. The number of hydrogen-bond acceptors (Lipinski definition) is 6. The van der Waals surface area contributed by atoms with E-state index in [0.717, 1.165) is 38.7 Å². The number of oxazole rings is 1. The first-order valence-corrected chi connectivity index (χ1v) is 16.6. The van der Waals surface area contributed by atoms with Crippen LogP contribution >= 0.6 is 0 Å². The Morgan fingerprint density at radius 3 is 2.83 bits per heavy atom. The molecule has 0 aromatic carbocycles. The van der Waals surface area contributed by atoms with Crippen LogP contribution in [-0.4, -0.2) is 34.2 Å². The quantitative estimate of drug-likeness (QED) is 0.273. The van der Waals surface area contributed by atoms with Crippen LogP contribution in [0.4, 0.5) is 0 Å². The van der Waals surface area contributed by atoms with Crippen LogP contribution in [0.1, 0.15) is 97.3 Å². The minimum absolute atomic E-state index is 0.0104. The topological polar surface area (TPSA) is 82.3 Å². The molecule has 0 radical (unpaired) electrons. The van der Waals surface area contributed by atoms with Crippen molar-refractivity contribution in [1.29, 1.82) is 0 Å². The summed E-state index contributed by atoms with van der Waals surface area (Å²) in [7, 11) is 0. The molecule has 6 unspecified atom stereocenters. The standard InChI is InChI=1S/C36H48N2O4/c1-4-8-23(2)34-28(13-12-26-21-27(39)16-17-36(26,34)3)25-19-29(32(20-25)41-22-24-9-5-6-10-24)30(40)14-15-33-38-35-31(42-33)11-7-18-37-35/h7,11,16-18,21,23-25,28-29,32,34H,4-6,8-10,12-15,19-20,22H2,1-3H3/t23?,25?,28?,29?,32-,34?,36?/m1/s1. The molecule has 3 saturated carbocycles. The molecule has 0 aliphatic heterocycles. The minimum atomic E-state index is -0.0886. The third-order valence-electron chi connectivity index (χ3n) is 11.2. The van der Waals surface area contributed by atoms with Crippen LogP contribution < -0.4 is 0 Å². The van der Waals surface area contributed by atoms with Gasteiger partial charge in [-0.25, -0.2) is 4.98 Å². The van der Waals surface area contributed by atoms with Crippen molar-refractivity contribution >= 4 is 22.8 Å². The normalized spacial score (nSPS) is 32.3. The lowest BCUT2D eigenvalue weighted by Gasteiger charge is -2.52. The lowest BCUT2D eigenvalue weighted by molar-refractivity contribution is -0.127. The summed E-state index contributed by atoms with van der Waals surface area (Å²) in [6, 6.07) is 3.71. The molecule has 0 N–H and O–H groups in total. The third-order valence-corrected chi connectivity index (χ3v) is 11.2. The third kappa shape index (κ3) is 5.93. The first kappa shape index (κ1) is 29.5. The van der Waals surface area contributed by atoms with Crippen LogP contribution in [0.15, 0.2) is 46.5 Å². The second kappa shape index (κ2) is 12.6. The number of aromatic nitrogens is 2. The molecule has 3 fully saturated rings. The molecule has 0 saturated heterocycles. The summed E-state index contributed by atoms with van der Waals surface area (Å²) >= 11 is 0. The van der Waals surface area contributed by atoms with E-state index in [1.54, 1.807) is 12.3 Å². The van der Waals surface area contributed by atoms with E-state index in [9.17, 15) is 9.59 Å². The van der Waals surface area contributed by atoms with Gasteiger partial charge in [-0.05, 0) is 92.4 Å². The molecule has 0 amide bonds. The number of ketones is 2. The number of allylic oxidation sites excluding steroid dienone is 4. The molecular weight excluding hydrogens is 524 g/mol. The van der Waals surface area contributed by atoms with Gasteiger partial charge in [0.05, 0.1) is 6.10 Å². The van der Waals surface area contributed by atoms with Crippen molar-refractivity contribution in [3.63, 3.8) is 0 Å². The fourth-order valence-electron chi connectivity index (χ4n) is 9.21. The number of nitrogens with zero attached hydrogens (tertiary/aromatic N) is 2. The SMILES string of the molecule is CCCC(C)C1C(C2CC(C(=O)CCc3nc4ncccc4o3)[C@H](OCC3CCCC3)C2)CCC2=CC(=O)C=CC21C. The molecule has 6 nitrogen and oxygen atoms in total. The van der Waals surface area contributed by atoms with Gasteiger partial charge < -0.3 is 9.15 Å². The van der Waals surface area contributed by atoms with Gasteiger partial charge in [-0.2, -0.15) is 4.98 Å². The number of Topliss-reactive ketones (excluding diaryl/α,β-unsaturated/α-hetero) is 1. The summed E-state index contributed by atoms with van der Waals surface area (Å²) in [6.45, 7) is 7.84. The zero-order valence-electron chi connectivity index (χ0n) is 25.7. The molecule has 4 aliphatic carbocycles. The lowest BCUT2D eigenvalue weighted by Crippen LogP contribution is -2.45. The summed E-state index contributed by atoms with van der Waals surface area (Å²) in [5, 5.41) is 0. The molecule has 7 atom stereocenters. The highest BCUT2D eigenvalue weighted by Gasteiger charge is 2.52. The Morgan fingerprint density at radius 2 is 2.05 bits per heavy atom. The molecular formula is C36H48N2O4. The van der Waals surface area contributed by atoms with Crippen LogP contribution in [0.25, 0.3) is 11.2 Å². The van der Waals surface area contributed by atoms with Crippen LogP contribution in [-0.2, 0) is 20.7 Å². The molecule has 226 valence electrons. The summed E-state index contributed by atoms with van der Waals surface area (Å²) in [6.07, 6.45) is 19.9. The van der Waals surface area contributed by atoms with Gasteiger partial charge in [-0.3, -0.25) is 9.59 Å². The van der Waals surface area contributed by atoms with E-state index in [1.165, 1.54) is 37.7 Å². The van der Waals surface area contributed by atoms with E-state index in [2.05, 4.69) is 36.8 Å². The molecule has 2 aromatic heterocycles. The van der Waals surface area contributed by atoms with Crippen molar-refractivity contribution in [2.45, 2.75) is 104 Å². The van der Waals surface area contributed by atoms with Crippen LogP contribution in [0.3, 0.4) is 0 Å². The van der Waals surface area contributed by atoms with Gasteiger partial charge in [0.1, 0.15) is 5.78 Å². The number of carbonyl (C=O) groups is 2. The maximum absolute atomic E-state index is 13.9. The van der Waals surface area contributed by atoms with Gasteiger partial charge >= 0.3 is 0 Å². The number of ether oxygens (including phenoxy) is 1. The van der Waals surface area contributed by atoms with Crippen LogP contribution in [0.5, 0.6) is 0 Å². The summed E-state index contributed by atoms with van der Waals surface area (Å²) in [4.78, 5) is 35.0. The zero-order chi connectivity index (χ0) is 29.3. The Balaban J connectivity index is 1.21. The van der Waals surface area contributed by atoms with Gasteiger partial charge in [0.15, 0.2) is 22.9 Å². The Morgan fingerprint density at radius 1 is 1.21 bits per heavy atom. The predicted octanol–water partition coefficient (Wildman–Crippen LogP) is 7.86. The number of aryl methyl sites for hydroxylation is 1.